The fraction of sp³-hybridized carbons (Fsp3) is 0.375. The van der Waals surface area contributed by atoms with Gasteiger partial charge in [-0.25, -0.2) is 4.79 Å². The van der Waals surface area contributed by atoms with Gasteiger partial charge in [0.15, 0.2) is 0 Å². The zero-order chi connectivity index (χ0) is 9.14. The van der Waals surface area contributed by atoms with Gasteiger partial charge in [0.2, 0.25) is 0 Å². The van der Waals surface area contributed by atoms with Crippen LogP contribution in [-0.4, -0.2) is 35.1 Å². The highest BCUT2D eigenvalue weighted by Gasteiger charge is 2.05. The molecule has 0 spiro atoms. The molecule has 0 aliphatic rings. The number of aromatic amines is 1. The smallest absolute Gasteiger partial charge is 0.352 e. The summed E-state index contributed by atoms with van der Waals surface area (Å²) in [6, 6.07) is 1.64. The second-order valence-electron chi connectivity index (χ2n) is 2.96. The zero-order valence-electron chi connectivity index (χ0n) is 7.57. The predicted molar refractivity (Wildman–Crippen MR) is 52.4 cm³/mol. The van der Waals surface area contributed by atoms with Crippen LogP contribution in [0.4, 0.5) is 0 Å². The van der Waals surface area contributed by atoms with Crippen LogP contribution in [-0.2, 0) is 6.54 Å². The van der Waals surface area contributed by atoms with Crippen molar-refractivity contribution in [3.8, 4) is 0 Å². The minimum absolute atomic E-state index is 0. The Hall–Kier alpha value is -1.00. The van der Waals surface area contributed by atoms with Crippen LogP contribution in [0.1, 0.15) is 16.1 Å². The first-order valence-corrected chi connectivity index (χ1v) is 3.65. The molecule has 4 nitrogen and oxygen atoms in total. The molecule has 0 amide bonds. The lowest BCUT2D eigenvalue weighted by molar-refractivity contribution is 0.0691. The van der Waals surface area contributed by atoms with E-state index in [9.17, 15) is 4.79 Å². The van der Waals surface area contributed by atoms with E-state index in [0.29, 0.717) is 0 Å². The number of halogens is 1. The van der Waals surface area contributed by atoms with Crippen LogP contribution in [0.15, 0.2) is 12.3 Å². The molecule has 13 heavy (non-hydrogen) atoms. The quantitative estimate of drug-likeness (QED) is 0.778. The molecular weight excluding hydrogens is 192 g/mol. The van der Waals surface area contributed by atoms with E-state index in [-0.39, 0.29) is 18.1 Å². The second kappa shape index (κ2) is 4.89. The molecule has 0 radical (unpaired) electrons. The van der Waals surface area contributed by atoms with E-state index < -0.39 is 5.97 Å². The van der Waals surface area contributed by atoms with E-state index in [1.165, 1.54) is 0 Å². The molecule has 1 aromatic rings. The third-order valence-electron chi connectivity index (χ3n) is 1.47. The molecule has 5 heteroatoms. The summed E-state index contributed by atoms with van der Waals surface area (Å²) in [7, 11) is 3.88. The van der Waals surface area contributed by atoms with Crippen molar-refractivity contribution in [2.24, 2.45) is 0 Å². The number of nitrogens with zero attached hydrogens (tertiary/aromatic N) is 1. The van der Waals surface area contributed by atoms with Crippen LogP contribution in [0.25, 0.3) is 0 Å². The van der Waals surface area contributed by atoms with Crippen LogP contribution in [0.5, 0.6) is 0 Å². The van der Waals surface area contributed by atoms with Gasteiger partial charge in [-0.3, -0.25) is 0 Å². The first-order chi connectivity index (χ1) is 5.59. The highest BCUT2D eigenvalue weighted by molar-refractivity contribution is 5.85. The number of rotatable bonds is 3. The summed E-state index contributed by atoms with van der Waals surface area (Å²) in [4.78, 5) is 15.1. The Morgan fingerprint density at radius 2 is 2.23 bits per heavy atom. The van der Waals surface area contributed by atoms with Crippen LogP contribution in [0.3, 0.4) is 0 Å². The van der Waals surface area contributed by atoms with Gasteiger partial charge in [-0.05, 0) is 25.7 Å². The molecule has 74 valence electrons. The van der Waals surface area contributed by atoms with Crippen LogP contribution < -0.4 is 0 Å². The van der Waals surface area contributed by atoms with Gasteiger partial charge in [0.05, 0.1) is 0 Å². The Morgan fingerprint density at radius 1 is 1.62 bits per heavy atom. The van der Waals surface area contributed by atoms with Gasteiger partial charge >= 0.3 is 5.97 Å². The second-order valence-corrected chi connectivity index (χ2v) is 2.96. The number of nitrogens with one attached hydrogen (secondary N) is 1. The van der Waals surface area contributed by atoms with Gasteiger partial charge < -0.3 is 15.0 Å². The van der Waals surface area contributed by atoms with Crippen molar-refractivity contribution in [3.63, 3.8) is 0 Å². The van der Waals surface area contributed by atoms with Crippen molar-refractivity contribution in [1.29, 1.82) is 0 Å². The molecule has 0 saturated carbocycles. The average molecular weight is 205 g/mol. The van der Waals surface area contributed by atoms with E-state index in [1.807, 2.05) is 19.0 Å². The van der Waals surface area contributed by atoms with Gasteiger partial charge in [0, 0.05) is 12.7 Å². The largest absolute Gasteiger partial charge is 0.477 e. The fourth-order valence-electron chi connectivity index (χ4n) is 1.02. The SMILES string of the molecule is CN(C)Cc1c[nH]c(C(=O)O)c1.Cl. The van der Waals surface area contributed by atoms with Gasteiger partial charge in [-0.15, -0.1) is 12.4 Å². The number of hydrogen-bond acceptors (Lipinski definition) is 2. The van der Waals surface area contributed by atoms with E-state index in [0.717, 1.165) is 12.1 Å². The molecule has 0 aliphatic heterocycles. The molecule has 0 aliphatic carbocycles. The van der Waals surface area contributed by atoms with Crippen molar-refractivity contribution in [3.05, 3.63) is 23.5 Å². The monoisotopic (exact) mass is 204 g/mol. The number of carbonyl (C=O) groups is 1. The van der Waals surface area contributed by atoms with Crippen LogP contribution in [0.2, 0.25) is 0 Å². The van der Waals surface area contributed by atoms with E-state index in [1.54, 1.807) is 12.3 Å². The van der Waals surface area contributed by atoms with E-state index >= 15 is 0 Å². The molecule has 0 unspecified atom stereocenters. The van der Waals surface area contributed by atoms with Gasteiger partial charge in [-0.1, -0.05) is 0 Å². The molecule has 0 saturated heterocycles. The first kappa shape index (κ1) is 12.0. The summed E-state index contributed by atoms with van der Waals surface area (Å²) in [6.07, 6.45) is 1.71. The molecule has 2 N–H and O–H groups in total. The fourth-order valence-corrected chi connectivity index (χ4v) is 1.02. The lowest BCUT2D eigenvalue weighted by atomic mass is 10.3. The summed E-state index contributed by atoms with van der Waals surface area (Å²) in [5.41, 5.74) is 1.23. The summed E-state index contributed by atoms with van der Waals surface area (Å²) < 4.78 is 0. The Morgan fingerprint density at radius 3 is 2.62 bits per heavy atom. The van der Waals surface area contributed by atoms with Crippen molar-refractivity contribution in [1.82, 2.24) is 9.88 Å². The maximum atomic E-state index is 10.5. The third kappa shape index (κ3) is 3.48. The molecule has 0 fully saturated rings. The van der Waals surface area contributed by atoms with Gasteiger partial charge in [-0.2, -0.15) is 0 Å². The van der Waals surface area contributed by atoms with E-state index in [4.69, 9.17) is 5.11 Å². The Bertz CT molecular complexity index is 283. The van der Waals surface area contributed by atoms with Crippen LogP contribution >= 0.6 is 12.4 Å². The zero-order valence-corrected chi connectivity index (χ0v) is 8.39. The minimum atomic E-state index is -0.917. The number of aromatic carboxylic acids is 1. The number of carboxylic acids is 1. The van der Waals surface area contributed by atoms with Gasteiger partial charge in [0.25, 0.3) is 0 Å². The van der Waals surface area contributed by atoms with Gasteiger partial charge in [0.1, 0.15) is 5.69 Å². The van der Waals surface area contributed by atoms with Crippen LogP contribution in [0, 0.1) is 0 Å². The molecule has 0 atom stereocenters. The van der Waals surface area contributed by atoms with Crippen molar-refractivity contribution >= 4 is 18.4 Å². The highest BCUT2D eigenvalue weighted by atomic mass is 35.5. The highest BCUT2D eigenvalue weighted by Crippen LogP contribution is 2.04. The Kier molecular flexibility index (Phi) is 4.51. The maximum Gasteiger partial charge on any atom is 0.352 e. The van der Waals surface area contributed by atoms with E-state index in [2.05, 4.69) is 4.98 Å². The maximum absolute atomic E-state index is 10.5. The lowest BCUT2D eigenvalue weighted by Crippen LogP contribution is -2.09. The summed E-state index contributed by atoms with van der Waals surface area (Å²) >= 11 is 0. The average Bonchev–Trinajstić information content (AvgIpc) is 2.34. The molecule has 0 aromatic carbocycles. The number of hydrogen-bond donors (Lipinski definition) is 2. The van der Waals surface area contributed by atoms with Crippen molar-refractivity contribution < 1.29 is 9.90 Å². The summed E-state index contributed by atoms with van der Waals surface area (Å²) in [6.45, 7) is 0.754. The molecule has 0 bridgehead atoms. The first-order valence-electron chi connectivity index (χ1n) is 3.65. The molecule has 1 rings (SSSR count). The third-order valence-corrected chi connectivity index (χ3v) is 1.47. The molecule has 1 aromatic heterocycles. The number of carboxylic acid groups (broad SMARTS) is 1. The molecular formula is C8H13ClN2O2. The Labute approximate surface area is 83.0 Å². The van der Waals surface area contributed by atoms with Crippen molar-refractivity contribution in [2.75, 3.05) is 14.1 Å². The minimum Gasteiger partial charge on any atom is -0.477 e. The molecule has 1 heterocycles. The van der Waals surface area contributed by atoms with Crippen molar-refractivity contribution in [2.45, 2.75) is 6.54 Å². The standard InChI is InChI=1S/C8H12N2O2.ClH/c1-10(2)5-6-3-7(8(11)12)9-4-6;/h3-4,9H,5H2,1-2H3,(H,11,12);1H. The normalized spacial score (nSPS) is 9.77. The lowest BCUT2D eigenvalue weighted by Gasteiger charge is -2.05. The topological polar surface area (TPSA) is 56.3 Å². The predicted octanol–water partition coefficient (Wildman–Crippen LogP) is 1.20. The summed E-state index contributed by atoms with van der Waals surface area (Å²) in [5.74, 6) is -0.917. The Balaban J connectivity index is 0.00000144. The summed E-state index contributed by atoms with van der Waals surface area (Å²) in [5, 5.41) is 8.59. The number of aromatic nitrogens is 1. The number of H-pyrrole nitrogens is 1.